The smallest absolute Gasteiger partial charge is 0.220 e. The zero-order valence-corrected chi connectivity index (χ0v) is 33.5. The van der Waals surface area contributed by atoms with Gasteiger partial charge in [0.05, 0.1) is 25.4 Å². The highest BCUT2D eigenvalue weighted by Crippen LogP contribution is 2.22. The maximum atomic E-state index is 12.9. The van der Waals surface area contributed by atoms with Gasteiger partial charge in [-0.15, -0.1) is 0 Å². The van der Waals surface area contributed by atoms with Crippen LogP contribution in [0.2, 0.25) is 0 Å². The highest BCUT2D eigenvalue weighted by Gasteiger charge is 2.44. The van der Waals surface area contributed by atoms with Crippen molar-refractivity contribution >= 4 is 5.91 Å². The molecule has 308 valence electrons. The molecule has 9 nitrogen and oxygen atoms in total. The number of carbonyl (C=O) groups is 1. The lowest BCUT2D eigenvalue weighted by atomic mass is 9.99. The van der Waals surface area contributed by atoms with E-state index in [1.165, 1.54) is 83.5 Å². The fourth-order valence-corrected chi connectivity index (χ4v) is 6.38. The van der Waals surface area contributed by atoms with Gasteiger partial charge < -0.3 is 40.3 Å². The number of hydrogen-bond donors (Lipinski definition) is 6. The van der Waals surface area contributed by atoms with Gasteiger partial charge in [0.25, 0.3) is 0 Å². The summed E-state index contributed by atoms with van der Waals surface area (Å²) < 4.78 is 11.2. The largest absolute Gasteiger partial charge is 0.394 e. The van der Waals surface area contributed by atoms with Crippen molar-refractivity contribution in [2.24, 2.45) is 0 Å². The average molecular weight is 750 g/mol. The summed E-state index contributed by atoms with van der Waals surface area (Å²) in [6.07, 6.45) is 35.8. The SMILES string of the molecule is CCCCCC/C=C\C/C=C\CCCCCCCC(=O)NC(COC1OC(CO)C(O)C(O)C1O)C(O)/C=C/CC/C=C/CCCCCCCCCC. The molecule has 0 aromatic carbocycles. The van der Waals surface area contributed by atoms with Crippen LogP contribution in [0, 0.1) is 0 Å². The Morgan fingerprint density at radius 3 is 1.72 bits per heavy atom. The van der Waals surface area contributed by atoms with E-state index in [1.807, 2.05) is 6.08 Å². The summed E-state index contributed by atoms with van der Waals surface area (Å²) in [6, 6.07) is -0.827. The summed E-state index contributed by atoms with van der Waals surface area (Å²) in [5, 5.41) is 54.0. The Morgan fingerprint density at radius 1 is 0.642 bits per heavy atom. The summed E-state index contributed by atoms with van der Waals surface area (Å²) in [5.41, 5.74) is 0. The molecule has 1 aliphatic rings. The lowest BCUT2D eigenvalue weighted by molar-refractivity contribution is -0.302. The Hall–Kier alpha value is -1.85. The first-order chi connectivity index (χ1) is 25.8. The molecule has 0 aliphatic carbocycles. The molecule has 53 heavy (non-hydrogen) atoms. The number of rotatable bonds is 34. The molecule has 1 amide bonds. The Labute approximate surface area is 323 Å². The summed E-state index contributed by atoms with van der Waals surface area (Å²) in [5.74, 6) is -0.204. The molecule has 7 atom stereocenters. The third kappa shape index (κ3) is 25.8. The van der Waals surface area contributed by atoms with Crippen LogP contribution in [0.4, 0.5) is 0 Å². The summed E-state index contributed by atoms with van der Waals surface area (Å²) in [4.78, 5) is 12.9. The first kappa shape index (κ1) is 49.2. The predicted molar refractivity (Wildman–Crippen MR) is 216 cm³/mol. The fourth-order valence-electron chi connectivity index (χ4n) is 6.38. The first-order valence-electron chi connectivity index (χ1n) is 21.4. The van der Waals surface area contributed by atoms with E-state index in [0.29, 0.717) is 6.42 Å². The van der Waals surface area contributed by atoms with Gasteiger partial charge in [-0.05, 0) is 64.2 Å². The minimum atomic E-state index is -1.57. The van der Waals surface area contributed by atoms with E-state index >= 15 is 0 Å². The molecule has 1 saturated heterocycles. The number of unbranched alkanes of at least 4 members (excludes halogenated alkanes) is 18. The number of nitrogens with one attached hydrogen (secondary N) is 1. The second kappa shape index (κ2) is 34.6. The number of carbonyl (C=O) groups excluding carboxylic acids is 1. The number of allylic oxidation sites excluding steroid dienone is 7. The van der Waals surface area contributed by atoms with Crippen molar-refractivity contribution in [2.75, 3.05) is 13.2 Å². The normalized spacial score (nSPS) is 22.1. The van der Waals surface area contributed by atoms with E-state index in [4.69, 9.17) is 9.47 Å². The van der Waals surface area contributed by atoms with Gasteiger partial charge in [0, 0.05) is 6.42 Å². The number of amides is 1. The van der Waals surface area contributed by atoms with Gasteiger partial charge in [0.1, 0.15) is 24.4 Å². The van der Waals surface area contributed by atoms with Gasteiger partial charge in [-0.1, -0.05) is 146 Å². The van der Waals surface area contributed by atoms with E-state index in [1.54, 1.807) is 6.08 Å². The van der Waals surface area contributed by atoms with E-state index in [9.17, 15) is 30.3 Å². The van der Waals surface area contributed by atoms with Crippen molar-refractivity contribution in [1.82, 2.24) is 5.32 Å². The molecule has 0 saturated carbocycles. The van der Waals surface area contributed by atoms with Crippen LogP contribution in [0.1, 0.15) is 168 Å². The molecule has 6 N–H and O–H groups in total. The van der Waals surface area contributed by atoms with Crippen molar-refractivity contribution < 1.29 is 39.8 Å². The van der Waals surface area contributed by atoms with Gasteiger partial charge in [-0.2, -0.15) is 0 Å². The highest BCUT2D eigenvalue weighted by molar-refractivity contribution is 5.76. The van der Waals surface area contributed by atoms with E-state index < -0.39 is 49.5 Å². The molecule has 9 heteroatoms. The molecule has 1 heterocycles. The Bertz CT molecular complexity index is 967. The van der Waals surface area contributed by atoms with E-state index in [2.05, 4.69) is 55.6 Å². The molecule has 1 rings (SSSR count). The third-order valence-electron chi connectivity index (χ3n) is 9.88. The summed E-state index contributed by atoms with van der Waals surface area (Å²) >= 11 is 0. The number of hydrogen-bond acceptors (Lipinski definition) is 8. The van der Waals surface area contributed by atoms with Crippen LogP contribution >= 0.6 is 0 Å². The van der Waals surface area contributed by atoms with Crippen molar-refractivity contribution in [3.63, 3.8) is 0 Å². The average Bonchev–Trinajstić information content (AvgIpc) is 3.16. The zero-order chi connectivity index (χ0) is 38.8. The Balaban J connectivity index is 2.45. The quantitative estimate of drug-likeness (QED) is 0.0285. The predicted octanol–water partition coefficient (Wildman–Crippen LogP) is 8.28. The molecule has 0 bridgehead atoms. The van der Waals surface area contributed by atoms with Crippen LogP contribution in [0.5, 0.6) is 0 Å². The monoisotopic (exact) mass is 750 g/mol. The van der Waals surface area contributed by atoms with E-state index in [-0.39, 0.29) is 12.5 Å². The third-order valence-corrected chi connectivity index (χ3v) is 9.88. The second-order valence-corrected chi connectivity index (χ2v) is 14.8. The lowest BCUT2D eigenvalue weighted by Crippen LogP contribution is -2.60. The van der Waals surface area contributed by atoms with Crippen LogP contribution in [-0.2, 0) is 14.3 Å². The molecule has 0 radical (unpaired) electrons. The van der Waals surface area contributed by atoms with Gasteiger partial charge in [-0.25, -0.2) is 0 Å². The highest BCUT2D eigenvalue weighted by atomic mass is 16.7. The second-order valence-electron chi connectivity index (χ2n) is 14.8. The Morgan fingerprint density at radius 2 is 1.13 bits per heavy atom. The number of ether oxygens (including phenoxy) is 2. The maximum Gasteiger partial charge on any atom is 0.220 e. The van der Waals surface area contributed by atoms with Crippen LogP contribution in [0.25, 0.3) is 0 Å². The van der Waals surface area contributed by atoms with Crippen LogP contribution < -0.4 is 5.32 Å². The van der Waals surface area contributed by atoms with Crippen LogP contribution in [-0.4, -0.2) is 87.5 Å². The molecule has 0 aromatic heterocycles. The van der Waals surface area contributed by atoms with Crippen LogP contribution in [0.15, 0.2) is 48.6 Å². The lowest BCUT2D eigenvalue weighted by Gasteiger charge is -2.40. The van der Waals surface area contributed by atoms with Gasteiger partial charge >= 0.3 is 0 Å². The maximum absolute atomic E-state index is 12.9. The summed E-state index contributed by atoms with van der Waals surface area (Å²) in [6.45, 7) is 3.70. The number of aliphatic hydroxyl groups is 5. The minimum Gasteiger partial charge on any atom is -0.394 e. The van der Waals surface area contributed by atoms with Gasteiger partial charge in [-0.3, -0.25) is 4.79 Å². The fraction of sp³-hybridized carbons (Fsp3) is 0.795. The topological polar surface area (TPSA) is 149 Å². The molecule has 0 spiro atoms. The molecule has 7 unspecified atom stereocenters. The molecule has 1 aliphatic heterocycles. The zero-order valence-electron chi connectivity index (χ0n) is 33.5. The molecule has 1 fully saturated rings. The van der Waals surface area contributed by atoms with Crippen LogP contribution in [0.3, 0.4) is 0 Å². The molecule has 0 aromatic rings. The molecular formula is C44H79NO8. The standard InChI is InChI=1S/C44H79NO8/c1-3-5-7-9-11-13-15-17-19-20-22-24-26-28-30-32-34-40(48)45-37(36-52-44-43(51)42(50)41(49)39(35-46)53-44)38(47)33-31-29-27-25-23-21-18-16-14-12-10-8-6-4-2/h13,15,19-20,23,25,31,33,37-39,41-44,46-47,49-51H,3-12,14,16-18,21-22,24,26-30,32,34-36H2,1-2H3,(H,45,48)/b15-13-,20-19-,25-23+,33-31+. The minimum absolute atomic E-state index is 0.204. The number of aliphatic hydroxyl groups excluding tert-OH is 5. The van der Waals surface area contributed by atoms with Crippen molar-refractivity contribution in [1.29, 1.82) is 0 Å². The summed E-state index contributed by atoms with van der Waals surface area (Å²) in [7, 11) is 0. The Kier molecular flexibility index (Phi) is 32.1. The van der Waals surface area contributed by atoms with Gasteiger partial charge in [0.15, 0.2) is 6.29 Å². The van der Waals surface area contributed by atoms with Crippen molar-refractivity contribution in [2.45, 2.75) is 211 Å². The first-order valence-corrected chi connectivity index (χ1v) is 21.4. The molecular weight excluding hydrogens is 670 g/mol. The van der Waals surface area contributed by atoms with E-state index in [0.717, 1.165) is 64.2 Å². The van der Waals surface area contributed by atoms with Crippen molar-refractivity contribution in [3.05, 3.63) is 48.6 Å². The van der Waals surface area contributed by atoms with Crippen molar-refractivity contribution in [3.8, 4) is 0 Å². The van der Waals surface area contributed by atoms with Gasteiger partial charge in [0.2, 0.25) is 5.91 Å².